The smallest absolute Gasteiger partial charge is 0.426 e. The van der Waals surface area contributed by atoms with Crippen LogP contribution in [0.5, 0.6) is 5.75 Å². The largest absolute Gasteiger partial charge is 0.495 e. The second-order valence-electron chi connectivity index (χ2n) is 5.40. The molecule has 0 unspecified atom stereocenters. The Hall–Kier alpha value is -2.15. The zero-order chi connectivity index (χ0) is 17.7. The number of ether oxygens (including phenoxy) is 2. The van der Waals surface area contributed by atoms with Crippen LogP contribution in [0, 0.1) is 6.92 Å². The molecule has 7 nitrogen and oxygen atoms in total. The van der Waals surface area contributed by atoms with E-state index in [1.807, 2.05) is 0 Å². The summed E-state index contributed by atoms with van der Waals surface area (Å²) in [5.41, 5.74) is 6.29. The highest BCUT2D eigenvalue weighted by Gasteiger charge is 2.27. The van der Waals surface area contributed by atoms with Gasteiger partial charge >= 0.3 is 6.09 Å². The zero-order valence-electron chi connectivity index (χ0n) is 14.1. The molecule has 8 heteroatoms. The normalized spacial score (nSPS) is 13.6. The van der Waals surface area contributed by atoms with E-state index in [-0.39, 0.29) is 6.61 Å². The Labute approximate surface area is 146 Å². The molecule has 0 aliphatic carbocycles. The third-order valence-electron chi connectivity index (χ3n) is 3.88. The van der Waals surface area contributed by atoms with Crippen LogP contribution in [0.3, 0.4) is 0 Å². The van der Waals surface area contributed by atoms with Crippen molar-refractivity contribution in [3.05, 3.63) is 22.2 Å². The number of nitrogens with zero attached hydrogens (tertiary/aromatic N) is 1. The topological polar surface area (TPSA) is 79.9 Å². The third-order valence-corrected chi connectivity index (χ3v) is 4.28. The molecule has 0 radical (unpaired) electrons. The van der Waals surface area contributed by atoms with Crippen molar-refractivity contribution in [2.45, 2.75) is 26.7 Å². The van der Waals surface area contributed by atoms with Crippen LogP contribution in [-0.4, -0.2) is 38.8 Å². The van der Waals surface area contributed by atoms with Gasteiger partial charge in [0, 0.05) is 24.2 Å². The predicted molar refractivity (Wildman–Crippen MR) is 91.8 cm³/mol. The number of carbonyl (C=O) groups is 2. The number of halogens is 1. The third kappa shape index (κ3) is 3.84. The van der Waals surface area contributed by atoms with Crippen molar-refractivity contribution in [2.24, 2.45) is 0 Å². The molecule has 0 spiro atoms. The molecule has 1 aromatic rings. The van der Waals surface area contributed by atoms with Gasteiger partial charge in [-0.15, -0.1) is 0 Å². The molecule has 24 heavy (non-hydrogen) atoms. The van der Waals surface area contributed by atoms with Gasteiger partial charge in [0.25, 0.3) is 5.91 Å². The van der Waals surface area contributed by atoms with Crippen molar-refractivity contribution in [1.29, 1.82) is 0 Å². The summed E-state index contributed by atoms with van der Waals surface area (Å²) in [5.74, 6) is 0.0667. The number of rotatable bonds is 4. The Morgan fingerprint density at radius 1 is 1.29 bits per heavy atom. The summed E-state index contributed by atoms with van der Waals surface area (Å²) in [6.07, 6.45) is 1.38. The van der Waals surface area contributed by atoms with Gasteiger partial charge in [-0.1, -0.05) is 11.6 Å². The van der Waals surface area contributed by atoms with E-state index in [1.54, 1.807) is 27.0 Å². The van der Waals surface area contributed by atoms with E-state index >= 15 is 0 Å². The van der Waals surface area contributed by atoms with Gasteiger partial charge in [-0.25, -0.2) is 10.2 Å². The molecule has 1 fully saturated rings. The average molecular weight is 356 g/mol. The zero-order valence-corrected chi connectivity index (χ0v) is 14.8. The molecule has 2 N–H and O–H groups in total. The van der Waals surface area contributed by atoms with E-state index in [2.05, 4.69) is 15.8 Å². The van der Waals surface area contributed by atoms with Gasteiger partial charge < -0.3 is 14.4 Å². The van der Waals surface area contributed by atoms with Gasteiger partial charge in [-0.05, 0) is 32.3 Å². The summed E-state index contributed by atoms with van der Waals surface area (Å²) in [6.45, 7) is 5.33. The first-order chi connectivity index (χ1) is 11.5. The van der Waals surface area contributed by atoms with Crippen LogP contribution in [0.25, 0.3) is 0 Å². The number of carbonyl (C=O) groups excluding carboxylic acids is 2. The Morgan fingerprint density at radius 3 is 2.54 bits per heavy atom. The maximum Gasteiger partial charge on any atom is 0.426 e. The molecule has 0 aromatic heterocycles. The minimum Gasteiger partial charge on any atom is -0.495 e. The van der Waals surface area contributed by atoms with Crippen LogP contribution in [-0.2, 0) is 4.74 Å². The molecule has 1 aromatic carbocycles. The van der Waals surface area contributed by atoms with Gasteiger partial charge in [0.2, 0.25) is 0 Å². The fourth-order valence-electron chi connectivity index (χ4n) is 2.74. The summed E-state index contributed by atoms with van der Waals surface area (Å²) < 4.78 is 10.2. The minimum absolute atomic E-state index is 0.213. The lowest BCUT2D eigenvalue weighted by molar-refractivity contribution is 0.0912. The number of nitrogens with one attached hydrogen (secondary N) is 2. The second kappa shape index (κ2) is 8.10. The minimum atomic E-state index is -0.722. The first-order valence-corrected chi connectivity index (χ1v) is 8.22. The molecule has 1 aliphatic heterocycles. The predicted octanol–water partition coefficient (Wildman–Crippen LogP) is 2.65. The van der Waals surface area contributed by atoms with Gasteiger partial charge in [0.1, 0.15) is 5.75 Å². The summed E-state index contributed by atoms with van der Waals surface area (Å²) in [7, 11) is 1.54. The van der Waals surface area contributed by atoms with E-state index in [0.717, 1.165) is 25.9 Å². The quantitative estimate of drug-likeness (QED) is 0.812. The maximum absolute atomic E-state index is 12.6. The van der Waals surface area contributed by atoms with Gasteiger partial charge in [-0.3, -0.25) is 10.2 Å². The van der Waals surface area contributed by atoms with Crippen LogP contribution in [0.2, 0.25) is 5.02 Å². The number of benzene rings is 1. The van der Waals surface area contributed by atoms with Crippen LogP contribution in [0.1, 0.15) is 35.7 Å². The highest BCUT2D eigenvalue weighted by Crippen LogP contribution is 2.39. The van der Waals surface area contributed by atoms with Crippen molar-refractivity contribution in [3.63, 3.8) is 0 Å². The Morgan fingerprint density at radius 2 is 1.96 bits per heavy atom. The summed E-state index contributed by atoms with van der Waals surface area (Å²) in [5, 5.41) is 0.427. The molecule has 1 saturated heterocycles. The Bertz CT molecular complexity index is 630. The SMILES string of the molecule is CCOC(=O)NNC(=O)c1c(C)c(Cl)cc(OC)c1N1CCCC1. The highest BCUT2D eigenvalue weighted by molar-refractivity contribution is 6.32. The van der Waals surface area contributed by atoms with Crippen molar-refractivity contribution in [1.82, 2.24) is 10.9 Å². The number of amides is 2. The van der Waals surface area contributed by atoms with Gasteiger partial charge in [0.15, 0.2) is 0 Å². The summed E-state index contributed by atoms with van der Waals surface area (Å²) in [4.78, 5) is 26.1. The lowest BCUT2D eigenvalue weighted by Crippen LogP contribution is -2.42. The fraction of sp³-hybridized carbons (Fsp3) is 0.500. The second-order valence-corrected chi connectivity index (χ2v) is 5.81. The first-order valence-electron chi connectivity index (χ1n) is 7.84. The number of anilines is 1. The maximum atomic E-state index is 12.6. The molecule has 1 heterocycles. The van der Waals surface area contributed by atoms with Gasteiger partial charge in [-0.2, -0.15) is 0 Å². The Kier molecular flexibility index (Phi) is 6.14. The fourth-order valence-corrected chi connectivity index (χ4v) is 2.93. The lowest BCUT2D eigenvalue weighted by Gasteiger charge is -2.25. The van der Waals surface area contributed by atoms with Crippen molar-refractivity contribution < 1.29 is 19.1 Å². The van der Waals surface area contributed by atoms with Crippen LogP contribution in [0.4, 0.5) is 10.5 Å². The standard InChI is InChI=1S/C16H22ClN3O4/c1-4-24-16(22)19-18-15(21)13-10(2)11(17)9-12(23-3)14(13)20-7-5-6-8-20/h9H,4-8H2,1-3H3,(H,18,21)(H,19,22). The molecule has 0 saturated carbocycles. The van der Waals surface area contributed by atoms with Gasteiger partial charge in [0.05, 0.1) is 25.0 Å². The number of hydrogen-bond acceptors (Lipinski definition) is 5. The van der Waals surface area contributed by atoms with Crippen molar-refractivity contribution >= 4 is 29.3 Å². The van der Waals surface area contributed by atoms with E-state index in [1.165, 1.54) is 0 Å². The molecular weight excluding hydrogens is 334 g/mol. The number of hydrazine groups is 1. The Balaban J connectivity index is 2.37. The van der Waals surface area contributed by atoms with Crippen molar-refractivity contribution in [3.8, 4) is 5.75 Å². The molecule has 2 amide bonds. The molecule has 1 aliphatic rings. The number of methoxy groups -OCH3 is 1. The van der Waals surface area contributed by atoms with Crippen LogP contribution in [0.15, 0.2) is 6.07 Å². The lowest BCUT2D eigenvalue weighted by atomic mass is 10.0. The van der Waals surface area contributed by atoms with E-state index in [4.69, 9.17) is 21.1 Å². The average Bonchev–Trinajstić information content (AvgIpc) is 3.08. The molecule has 132 valence electrons. The monoisotopic (exact) mass is 355 g/mol. The van der Waals surface area contributed by atoms with Crippen LogP contribution < -0.4 is 20.5 Å². The molecule has 0 atom stereocenters. The summed E-state index contributed by atoms with van der Waals surface area (Å²) >= 11 is 6.24. The molecule has 2 rings (SSSR count). The first kappa shape index (κ1) is 18.2. The van der Waals surface area contributed by atoms with E-state index in [0.29, 0.717) is 27.6 Å². The highest BCUT2D eigenvalue weighted by atomic mass is 35.5. The summed E-state index contributed by atoms with van der Waals surface area (Å²) in [6, 6.07) is 1.71. The van der Waals surface area contributed by atoms with Crippen molar-refractivity contribution in [2.75, 3.05) is 31.7 Å². The molecular formula is C16H22ClN3O4. The number of hydrogen-bond donors (Lipinski definition) is 2. The van der Waals surface area contributed by atoms with E-state index < -0.39 is 12.0 Å². The molecule has 0 bridgehead atoms. The van der Waals surface area contributed by atoms with E-state index in [9.17, 15) is 9.59 Å². The van der Waals surface area contributed by atoms with Crippen LogP contribution >= 0.6 is 11.6 Å².